The van der Waals surface area contributed by atoms with E-state index in [4.69, 9.17) is 11.6 Å². The summed E-state index contributed by atoms with van der Waals surface area (Å²) in [5.41, 5.74) is 1.34. The normalized spacial score (nSPS) is 15.4. The third kappa shape index (κ3) is 4.92. The summed E-state index contributed by atoms with van der Waals surface area (Å²) in [5.74, 6) is -2.52. The molecule has 152 valence electrons. The zero-order valence-electron chi connectivity index (χ0n) is 15.9. The van der Waals surface area contributed by atoms with Gasteiger partial charge >= 0.3 is 11.8 Å². The van der Waals surface area contributed by atoms with E-state index in [-0.39, 0.29) is 24.0 Å². The average molecular weight is 418 g/mol. The molecule has 3 rings (SSSR count). The fourth-order valence-corrected chi connectivity index (χ4v) is 3.33. The smallest absolute Gasteiger partial charge is 0.316 e. The van der Waals surface area contributed by atoms with Crippen LogP contribution in [0.15, 0.2) is 48.5 Å². The van der Waals surface area contributed by atoms with Crippen LogP contribution in [0.25, 0.3) is 0 Å². The van der Waals surface area contributed by atoms with Crippen LogP contribution < -0.4 is 10.2 Å². The second-order valence-corrected chi connectivity index (χ2v) is 7.32. The number of amides is 3. The number of halogens is 2. The number of hydrogen-bond donors (Lipinski definition) is 1. The van der Waals surface area contributed by atoms with Gasteiger partial charge in [-0.2, -0.15) is 0 Å². The number of piperazine rings is 1. The number of rotatable bonds is 6. The van der Waals surface area contributed by atoms with Crippen molar-refractivity contribution in [2.45, 2.75) is 13.5 Å². The summed E-state index contributed by atoms with van der Waals surface area (Å²) in [6, 6.07) is 13.2. The lowest BCUT2D eigenvalue weighted by atomic mass is 10.1. The lowest BCUT2D eigenvalue weighted by Gasteiger charge is -2.34. The Bertz CT molecular complexity index is 923. The van der Waals surface area contributed by atoms with Gasteiger partial charge < -0.3 is 15.1 Å². The molecule has 29 heavy (non-hydrogen) atoms. The number of para-hydroxylation sites is 1. The van der Waals surface area contributed by atoms with Crippen molar-refractivity contribution in [3.05, 3.63) is 64.9 Å². The highest BCUT2D eigenvalue weighted by Crippen LogP contribution is 2.18. The van der Waals surface area contributed by atoms with Crippen molar-refractivity contribution in [1.29, 1.82) is 0 Å². The highest BCUT2D eigenvalue weighted by Gasteiger charge is 2.34. The topological polar surface area (TPSA) is 69.7 Å². The SMILES string of the molecule is CC(CN1CCN(c2ccccc2)C(=O)C1=O)C(=O)NCc1ccc(F)c(Cl)c1. The fraction of sp³-hybridized carbons (Fsp3) is 0.286. The van der Waals surface area contributed by atoms with E-state index in [1.54, 1.807) is 31.2 Å². The first-order valence-corrected chi connectivity index (χ1v) is 9.62. The molecule has 0 radical (unpaired) electrons. The van der Waals surface area contributed by atoms with Crippen molar-refractivity contribution >= 4 is 35.0 Å². The molecule has 1 fully saturated rings. The minimum atomic E-state index is -0.620. The molecule has 0 bridgehead atoms. The third-order valence-electron chi connectivity index (χ3n) is 4.77. The predicted octanol–water partition coefficient (Wildman–Crippen LogP) is 2.61. The molecule has 1 atom stereocenters. The van der Waals surface area contributed by atoms with E-state index in [0.29, 0.717) is 24.3 Å². The number of nitrogens with one attached hydrogen (secondary N) is 1. The van der Waals surface area contributed by atoms with Gasteiger partial charge in [-0.05, 0) is 29.8 Å². The average Bonchev–Trinajstić information content (AvgIpc) is 2.72. The van der Waals surface area contributed by atoms with Gasteiger partial charge in [0.25, 0.3) is 0 Å². The van der Waals surface area contributed by atoms with Gasteiger partial charge in [0.1, 0.15) is 5.82 Å². The summed E-state index contributed by atoms with van der Waals surface area (Å²) in [7, 11) is 0. The van der Waals surface area contributed by atoms with Crippen LogP contribution in [0.2, 0.25) is 5.02 Å². The van der Waals surface area contributed by atoms with Gasteiger partial charge in [0, 0.05) is 31.9 Å². The molecule has 1 heterocycles. The van der Waals surface area contributed by atoms with Gasteiger partial charge in [0.05, 0.1) is 10.9 Å². The van der Waals surface area contributed by atoms with E-state index >= 15 is 0 Å². The molecule has 3 amide bonds. The summed E-state index contributed by atoms with van der Waals surface area (Å²) in [6.07, 6.45) is 0. The molecular formula is C21H21ClFN3O3. The molecule has 1 saturated heterocycles. The first kappa shape index (κ1) is 20.8. The van der Waals surface area contributed by atoms with Crippen molar-refractivity contribution in [2.24, 2.45) is 5.92 Å². The number of carbonyl (C=O) groups excluding carboxylic acids is 3. The van der Waals surface area contributed by atoms with Crippen LogP contribution in [0, 0.1) is 11.7 Å². The van der Waals surface area contributed by atoms with E-state index in [1.165, 1.54) is 28.0 Å². The molecule has 2 aromatic carbocycles. The summed E-state index contributed by atoms with van der Waals surface area (Å²) < 4.78 is 13.2. The molecule has 0 aliphatic carbocycles. The van der Waals surface area contributed by atoms with Gasteiger partial charge in [-0.15, -0.1) is 0 Å². The Morgan fingerprint density at radius 3 is 2.55 bits per heavy atom. The van der Waals surface area contributed by atoms with Crippen molar-refractivity contribution in [2.75, 3.05) is 24.5 Å². The Kier molecular flexibility index (Phi) is 6.49. The summed E-state index contributed by atoms with van der Waals surface area (Å²) >= 11 is 5.74. The first-order valence-electron chi connectivity index (χ1n) is 9.24. The van der Waals surface area contributed by atoms with Crippen LogP contribution in [0.3, 0.4) is 0 Å². The van der Waals surface area contributed by atoms with Crippen molar-refractivity contribution in [3.8, 4) is 0 Å². The van der Waals surface area contributed by atoms with Crippen LogP contribution in [0.4, 0.5) is 10.1 Å². The number of carbonyl (C=O) groups is 3. The molecule has 2 aromatic rings. The molecular weight excluding hydrogens is 397 g/mol. The van der Waals surface area contributed by atoms with Crippen LogP contribution in [-0.4, -0.2) is 42.3 Å². The van der Waals surface area contributed by atoms with Crippen molar-refractivity contribution < 1.29 is 18.8 Å². The van der Waals surface area contributed by atoms with Gasteiger partial charge in [0.2, 0.25) is 5.91 Å². The standard InChI is InChI=1S/C21H21ClFN3O3/c1-14(19(27)24-12-15-7-8-18(23)17(22)11-15)13-25-9-10-26(21(29)20(25)28)16-5-3-2-4-6-16/h2-8,11,14H,9-10,12-13H2,1H3,(H,24,27). The highest BCUT2D eigenvalue weighted by molar-refractivity contribution is 6.41. The van der Waals surface area contributed by atoms with Crippen molar-refractivity contribution in [3.63, 3.8) is 0 Å². The number of benzene rings is 2. The van der Waals surface area contributed by atoms with E-state index in [1.807, 2.05) is 6.07 Å². The number of nitrogens with zero attached hydrogens (tertiary/aromatic N) is 2. The van der Waals surface area contributed by atoms with E-state index in [2.05, 4.69) is 5.32 Å². The first-order chi connectivity index (χ1) is 13.9. The van der Waals surface area contributed by atoms with Gasteiger partial charge in [-0.25, -0.2) is 4.39 Å². The Morgan fingerprint density at radius 2 is 1.86 bits per heavy atom. The highest BCUT2D eigenvalue weighted by atomic mass is 35.5. The molecule has 1 N–H and O–H groups in total. The Balaban J connectivity index is 1.54. The van der Waals surface area contributed by atoms with Crippen LogP contribution in [-0.2, 0) is 20.9 Å². The molecule has 6 nitrogen and oxygen atoms in total. The molecule has 1 aliphatic heterocycles. The maximum atomic E-state index is 13.2. The van der Waals surface area contributed by atoms with E-state index in [9.17, 15) is 18.8 Å². The Labute approximate surface area is 173 Å². The van der Waals surface area contributed by atoms with Gasteiger partial charge in [0.15, 0.2) is 0 Å². The van der Waals surface area contributed by atoms with Crippen molar-refractivity contribution in [1.82, 2.24) is 10.2 Å². The quantitative estimate of drug-likeness (QED) is 0.734. The molecule has 0 aromatic heterocycles. The Hall–Kier alpha value is -2.93. The molecule has 1 unspecified atom stereocenters. The maximum absolute atomic E-state index is 13.2. The maximum Gasteiger partial charge on any atom is 0.316 e. The summed E-state index contributed by atoms with van der Waals surface area (Å²) in [4.78, 5) is 40.1. The van der Waals surface area contributed by atoms with Crippen LogP contribution >= 0.6 is 11.6 Å². The molecule has 1 aliphatic rings. The van der Waals surface area contributed by atoms with E-state index in [0.717, 1.165) is 0 Å². The largest absolute Gasteiger partial charge is 0.352 e. The minimum absolute atomic E-state index is 0.00908. The van der Waals surface area contributed by atoms with E-state index < -0.39 is 23.5 Å². The molecule has 8 heteroatoms. The third-order valence-corrected chi connectivity index (χ3v) is 5.06. The zero-order chi connectivity index (χ0) is 21.0. The monoisotopic (exact) mass is 417 g/mol. The van der Waals surface area contributed by atoms with Gasteiger partial charge in [-0.3, -0.25) is 14.4 Å². The number of hydrogen-bond acceptors (Lipinski definition) is 3. The summed E-state index contributed by atoms with van der Waals surface area (Å²) in [6.45, 7) is 2.75. The second-order valence-electron chi connectivity index (χ2n) is 6.91. The van der Waals surface area contributed by atoms with Crippen LogP contribution in [0.1, 0.15) is 12.5 Å². The predicted molar refractivity (Wildman–Crippen MR) is 108 cm³/mol. The lowest BCUT2D eigenvalue weighted by molar-refractivity contribution is -0.147. The molecule has 0 spiro atoms. The summed E-state index contributed by atoms with van der Waals surface area (Å²) in [5, 5.41) is 2.73. The minimum Gasteiger partial charge on any atom is -0.352 e. The fourth-order valence-electron chi connectivity index (χ4n) is 3.13. The lowest BCUT2D eigenvalue weighted by Crippen LogP contribution is -2.56. The Morgan fingerprint density at radius 1 is 1.14 bits per heavy atom. The zero-order valence-corrected chi connectivity index (χ0v) is 16.7. The van der Waals surface area contributed by atoms with Crippen LogP contribution in [0.5, 0.6) is 0 Å². The number of anilines is 1. The molecule has 0 saturated carbocycles. The second kappa shape index (κ2) is 9.05. The van der Waals surface area contributed by atoms with Gasteiger partial charge in [-0.1, -0.05) is 42.8 Å².